The standard InChI is InChI=1S/C43H49N3O7S2/c1-8-35(40(49)46-41-37(42(50)53-9-2)31-20-19-28(43(3,4)5)24-36(31)55-41)54-30-17-13-16-29(25-30)44-39(48)32(45-38(47)27-14-11-10-12-15-27)22-26-18-21-33(51-6)34(23-26)52-7/h10-18,21-23,25,28,35H,8-9,19-20,24H2,1-7H3,(H,44,48)(H,45,47)(H,46,49)/b32-22+. The number of benzene rings is 3. The number of ether oxygens (including phenoxy) is 3. The van der Waals surface area contributed by atoms with E-state index >= 15 is 0 Å². The zero-order chi connectivity index (χ0) is 39.7. The first-order chi connectivity index (χ1) is 26.3. The van der Waals surface area contributed by atoms with Crippen molar-refractivity contribution in [1.29, 1.82) is 0 Å². The number of rotatable bonds is 14. The summed E-state index contributed by atoms with van der Waals surface area (Å²) in [6.07, 6.45) is 4.67. The van der Waals surface area contributed by atoms with Crippen LogP contribution in [0, 0.1) is 11.3 Å². The number of hydrogen-bond acceptors (Lipinski definition) is 9. The number of carbonyl (C=O) groups is 4. The first-order valence-corrected chi connectivity index (χ1v) is 20.0. The van der Waals surface area contributed by atoms with E-state index in [1.165, 1.54) is 37.3 Å². The lowest BCUT2D eigenvalue weighted by Gasteiger charge is -2.33. The number of hydrogen-bond donors (Lipinski definition) is 3. The third-order valence-corrected chi connectivity index (χ3v) is 12.0. The Labute approximate surface area is 331 Å². The maximum Gasteiger partial charge on any atom is 0.341 e. The van der Waals surface area contributed by atoms with Crippen molar-refractivity contribution in [2.45, 2.75) is 70.4 Å². The molecule has 0 aliphatic heterocycles. The number of fused-ring (bicyclic) bond motifs is 1. The number of anilines is 2. The molecule has 5 rings (SSSR count). The molecule has 3 aromatic carbocycles. The van der Waals surface area contributed by atoms with Gasteiger partial charge in [-0.3, -0.25) is 14.4 Å². The van der Waals surface area contributed by atoms with Crippen LogP contribution in [0.5, 0.6) is 11.5 Å². The number of esters is 1. The molecule has 55 heavy (non-hydrogen) atoms. The molecule has 0 spiro atoms. The van der Waals surface area contributed by atoms with E-state index in [1.807, 2.05) is 13.0 Å². The monoisotopic (exact) mass is 783 g/mol. The van der Waals surface area contributed by atoms with Crippen molar-refractivity contribution in [2.75, 3.05) is 31.5 Å². The zero-order valence-electron chi connectivity index (χ0n) is 32.4. The van der Waals surface area contributed by atoms with Gasteiger partial charge in [0, 0.05) is 21.0 Å². The molecule has 3 N–H and O–H groups in total. The fourth-order valence-electron chi connectivity index (χ4n) is 6.41. The largest absolute Gasteiger partial charge is 0.493 e. The summed E-state index contributed by atoms with van der Waals surface area (Å²) in [6.45, 7) is 10.7. The molecule has 1 aliphatic carbocycles. The van der Waals surface area contributed by atoms with Crippen LogP contribution in [-0.2, 0) is 27.2 Å². The number of carbonyl (C=O) groups excluding carboxylic acids is 4. The van der Waals surface area contributed by atoms with E-state index in [0.717, 1.165) is 34.6 Å². The van der Waals surface area contributed by atoms with Crippen molar-refractivity contribution in [1.82, 2.24) is 5.32 Å². The summed E-state index contributed by atoms with van der Waals surface area (Å²) in [7, 11) is 3.05. The molecule has 10 nitrogen and oxygen atoms in total. The predicted octanol–water partition coefficient (Wildman–Crippen LogP) is 9.01. The van der Waals surface area contributed by atoms with Gasteiger partial charge in [-0.25, -0.2) is 4.79 Å². The Kier molecular flexibility index (Phi) is 13.8. The second-order valence-corrected chi connectivity index (χ2v) is 16.6. The predicted molar refractivity (Wildman–Crippen MR) is 220 cm³/mol. The fraction of sp³-hybridized carbons (Fsp3) is 0.349. The minimum atomic E-state index is -0.548. The maximum absolute atomic E-state index is 13.8. The van der Waals surface area contributed by atoms with Gasteiger partial charge in [0.2, 0.25) is 5.91 Å². The summed E-state index contributed by atoms with van der Waals surface area (Å²) in [4.78, 5) is 55.9. The summed E-state index contributed by atoms with van der Waals surface area (Å²) >= 11 is 2.84. The van der Waals surface area contributed by atoms with Gasteiger partial charge in [0.05, 0.1) is 31.6 Å². The quantitative estimate of drug-likeness (QED) is 0.0656. The first kappa shape index (κ1) is 41.1. The molecule has 0 saturated heterocycles. The normalized spacial score (nSPS) is 14.6. The average Bonchev–Trinajstić information content (AvgIpc) is 3.53. The van der Waals surface area contributed by atoms with E-state index < -0.39 is 23.0 Å². The zero-order valence-corrected chi connectivity index (χ0v) is 34.0. The van der Waals surface area contributed by atoms with Gasteiger partial charge in [-0.2, -0.15) is 0 Å². The molecule has 1 aliphatic rings. The minimum Gasteiger partial charge on any atom is -0.493 e. The summed E-state index contributed by atoms with van der Waals surface area (Å²) < 4.78 is 16.2. The SMILES string of the molecule is CCOC(=O)c1c(NC(=O)C(CC)Sc2cccc(NC(=O)/C(=C\c3ccc(OC)c(OC)c3)NC(=O)c3ccccc3)c2)sc2c1CCC(C(C)(C)C)C2. The Morgan fingerprint density at radius 3 is 2.35 bits per heavy atom. The topological polar surface area (TPSA) is 132 Å². The first-order valence-electron chi connectivity index (χ1n) is 18.4. The van der Waals surface area contributed by atoms with Crippen molar-refractivity contribution in [3.8, 4) is 11.5 Å². The van der Waals surface area contributed by atoms with Crippen molar-refractivity contribution in [3.63, 3.8) is 0 Å². The molecule has 4 aromatic rings. The highest BCUT2D eigenvalue weighted by Gasteiger charge is 2.35. The Morgan fingerprint density at radius 1 is 0.927 bits per heavy atom. The molecular formula is C43H49N3O7S2. The lowest BCUT2D eigenvalue weighted by Crippen LogP contribution is -2.30. The molecule has 290 valence electrons. The lowest BCUT2D eigenvalue weighted by atomic mass is 9.72. The van der Waals surface area contributed by atoms with Gasteiger partial charge in [0.25, 0.3) is 11.8 Å². The molecular weight excluding hydrogens is 735 g/mol. The van der Waals surface area contributed by atoms with Crippen LogP contribution in [-0.4, -0.2) is 49.8 Å². The van der Waals surface area contributed by atoms with Crippen LogP contribution in [0.1, 0.15) is 84.2 Å². The van der Waals surface area contributed by atoms with Crippen LogP contribution >= 0.6 is 23.1 Å². The van der Waals surface area contributed by atoms with Gasteiger partial charge in [-0.1, -0.05) is 58.0 Å². The van der Waals surface area contributed by atoms with Crippen LogP contribution in [0.2, 0.25) is 0 Å². The maximum atomic E-state index is 13.8. The van der Waals surface area contributed by atoms with Gasteiger partial charge in [-0.05, 0) is 104 Å². The highest BCUT2D eigenvalue weighted by atomic mass is 32.2. The molecule has 12 heteroatoms. The van der Waals surface area contributed by atoms with Crippen molar-refractivity contribution >= 4 is 63.6 Å². The number of thiophene rings is 1. The van der Waals surface area contributed by atoms with Crippen LogP contribution in [0.4, 0.5) is 10.7 Å². The van der Waals surface area contributed by atoms with Gasteiger partial charge in [-0.15, -0.1) is 23.1 Å². The highest BCUT2D eigenvalue weighted by Crippen LogP contribution is 2.45. The number of amides is 3. The average molecular weight is 784 g/mol. The van der Waals surface area contributed by atoms with E-state index in [4.69, 9.17) is 14.2 Å². The fourth-order valence-corrected chi connectivity index (χ4v) is 8.74. The van der Waals surface area contributed by atoms with E-state index in [1.54, 1.807) is 79.7 Å². The van der Waals surface area contributed by atoms with Crippen molar-refractivity contribution in [3.05, 3.63) is 106 Å². The number of methoxy groups -OCH3 is 2. The Bertz CT molecular complexity index is 2050. The van der Waals surface area contributed by atoms with Gasteiger partial charge >= 0.3 is 5.97 Å². The summed E-state index contributed by atoms with van der Waals surface area (Å²) in [6, 6.07) is 21.0. The Balaban J connectivity index is 1.35. The summed E-state index contributed by atoms with van der Waals surface area (Å²) in [5.74, 6) is -0.162. The molecule has 0 bridgehead atoms. The highest BCUT2D eigenvalue weighted by molar-refractivity contribution is 8.00. The summed E-state index contributed by atoms with van der Waals surface area (Å²) in [5, 5.41) is 8.79. The molecule has 3 amide bonds. The number of thioether (sulfide) groups is 1. The molecule has 1 aromatic heterocycles. The third-order valence-electron chi connectivity index (χ3n) is 9.49. The van der Waals surface area contributed by atoms with E-state index in [9.17, 15) is 19.2 Å². The Morgan fingerprint density at radius 2 is 1.67 bits per heavy atom. The molecule has 2 atom stereocenters. The molecule has 0 fully saturated rings. The van der Waals surface area contributed by atoms with E-state index in [-0.39, 0.29) is 23.6 Å². The molecule has 2 unspecified atom stereocenters. The number of nitrogens with one attached hydrogen (secondary N) is 3. The van der Waals surface area contributed by atoms with Gasteiger partial charge < -0.3 is 30.2 Å². The van der Waals surface area contributed by atoms with Gasteiger partial charge in [0.15, 0.2) is 11.5 Å². The molecule has 0 saturated carbocycles. The van der Waals surface area contributed by atoms with Crippen LogP contribution < -0.4 is 25.4 Å². The Hall–Kier alpha value is -5.07. The lowest BCUT2D eigenvalue weighted by molar-refractivity contribution is -0.116. The molecule has 0 radical (unpaired) electrons. The van der Waals surface area contributed by atoms with E-state index in [0.29, 0.717) is 51.2 Å². The van der Waals surface area contributed by atoms with Crippen LogP contribution in [0.15, 0.2) is 83.4 Å². The smallest absolute Gasteiger partial charge is 0.341 e. The second-order valence-electron chi connectivity index (χ2n) is 14.2. The minimum absolute atomic E-state index is 0.00908. The van der Waals surface area contributed by atoms with Gasteiger partial charge in [0.1, 0.15) is 10.7 Å². The van der Waals surface area contributed by atoms with Crippen LogP contribution in [0.3, 0.4) is 0 Å². The third kappa shape index (κ3) is 10.4. The van der Waals surface area contributed by atoms with Crippen molar-refractivity contribution in [2.24, 2.45) is 11.3 Å². The second kappa shape index (κ2) is 18.5. The van der Waals surface area contributed by atoms with Crippen molar-refractivity contribution < 1.29 is 33.4 Å². The molecule has 1 heterocycles. The van der Waals surface area contributed by atoms with E-state index in [2.05, 4.69) is 36.7 Å². The summed E-state index contributed by atoms with van der Waals surface area (Å²) in [5.41, 5.74) is 3.07. The van der Waals surface area contributed by atoms with Crippen LogP contribution in [0.25, 0.3) is 6.08 Å².